The summed E-state index contributed by atoms with van der Waals surface area (Å²) in [7, 11) is -3.91. The van der Waals surface area contributed by atoms with Crippen molar-refractivity contribution in [1.82, 2.24) is 14.8 Å². The van der Waals surface area contributed by atoms with Gasteiger partial charge in [0.25, 0.3) is 15.2 Å². The molecular weight excluding hydrogens is 356 g/mol. The van der Waals surface area contributed by atoms with Crippen LogP contribution in [-0.2, 0) is 16.6 Å². The maximum atomic E-state index is 11.7. The molecule has 1 aromatic carbocycles. The summed E-state index contributed by atoms with van der Waals surface area (Å²) in [6, 6.07) is 5.71. The molecular formula is C13H17BrN4O2S. The lowest BCUT2D eigenvalue weighted by molar-refractivity contribution is 0.486. The van der Waals surface area contributed by atoms with Crippen molar-refractivity contribution in [2.75, 3.05) is 0 Å². The van der Waals surface area contributed by atoms with Gasteiger partial charge in [-0.05, 0) is 36.6 Å². The number of halogens is 1. The van der Waals surface area contributed by atoms with E-state index in [4.69, 9.17) is 5.14 Å². The molecule has 1 aromatic heterocycles. The molecule has 21 heavy (non-hydrogen) atoms. The molecule has 0 fully saturated rings. The first kappa shape index (κ1) is 16.1. The molecule has 0 unspecified atom stereocenters. The molecule has 0 bridgehead atoms. The summed E-state index contributed by atoms with van der Waals surface area (Å²) in [5.74, 6) is 0.744. The highest BCUT2D eigenvalue weighted by molar-refractivity contribution is 9.10. The van der Waals surface area contributed by atoms with E-state index in [1.807, 2.05) is 39.0 Å². The zero-order valence-electron chi connectivity index (χ0n) is 12.0. The molecule has 0 amide bonds. The highest BCUT2D eigenvalue weighted by Crippen LogP contribution is 2.26. The second kappa shape index (κ2) is 5.86. The fourth-order valence-electron chi connectivity index (χ4n) is 2.11. The number of hydrogen-bond donors (Lipinski definition) is 1. The van der Waals surface area contributed by atoms with Crippen LogP contribution in [0.2, 0.25) is 0 Å². The Labute approximate surface area is 132 Å². The van der Waals surface area contributed by atoms with Crippen LogP contribution in [0.5, 0.6) is 0 Å². The van der Waals surface area contributed by atoms with Gasteiger partial charge < -0.3 is 0 Å². The van der Waals surface area contributed by atoms with Crippen LogP contribution in [0.1, 0.15) is 19.4 Å². The average molecular weight is 373 g/mol. The van der Waals surface area contributed by atoms with Crippen LogP contribution in [0.3, 0.4) is 0 Å². The third kappa shape index (κ3) is 3.50. The molecule has 0 aliphatic heterocycles. The van der Waals surface area contributed by atoms with Crippen molar-refractivity contribution < 1.29 is 8.42 Å². The molecule has 114 valence electrons. The number of nitrogens with zero attached hydrogens (tertiary/aromatic N) is 3. The minimum atomic E-state index is -3.91. The van der Waals surface area contributed by atoms with Crippen LogP contribution in [0.4, 0.5) is 0 Å². The van der Waals surface area contributed by atoms with Gasteiger partial charge in [0.05, 0.1) is 0 Å². The Bertz CT molecular complexity index is 768. The van der Waals surface area contributed by atoms with E-state index in [1.54, 1.807) is 4.57 Å². The number of aromatic nitrogens is 3. The summed E-state index contributed by atoms with van der Waals surface area (Å²) in [5.41, 5.74) is 1.81. The Morgan fingerprint density at radius 1 is 1.33 bits per heavy atom. The first-order chi connectivity index (χ1) is 9.70. The van der Waals surface area contributed by atoms with E-state index in [0.717, 1.165) is 15.6 Å². The summed E-state index contributed by atoms with van der Waals surface area (Å²) >= 11 is 3.41. The van der Waals surface area contributed by atoms with Gasteiger partial charge in [-0.3, -0.25) is 4.57 Å². The zero-order chi connectivity index (χ0) is 15.8. The predicted molar refractivity (Wildman–Crippen MR) is 84.1 cm³/mol. The second-order valence-electron chi connectivity index (χ2n) is 5.31. The van der Waals surface area contributed by atoms with Gasteiger partial charge in [-0.1, -0.05) is 29.8 Å². The number of aryl methyl sites for hydroxylation is 1. The number of primary sulfonamides is 1. The minimum Gasteiger partial charge on any atom is -0.296 e. The van der Waals surface area contributed by atoms with E-state index in [2.05, 4.69) is 26.1 Å². The molecule has 0 saturated carbocycles. The Balaban J connectivity index is 2.66. The van der Waals surface area contributed by atoms with Crippen molar-refractivity contribution in [2.45, 2.75) is 32.5 Å². The fourth-order valence-corrected chi connectivity index (χ4v) is 3.20. The SMILES string of the molecule is Cc1cc(Br)ccc1-c1nnc(S(N)(=O)=O)n1CC(C)C. The van der Waals surface area contributed by atoms with Gasteiger partial charge >= 0.3 is 0 Å². The van der Waals surface area contributed by atoms with Crippen LogP contribution in [0.15, 0.2) is 27.8 Å². The number of hydrogen-bond acceptors (Lipinski definition) is 4. The van der Waals surface area contributed by atoms with Crippen molar-refractivity contribution >= 4 is 26.0 Å². The van der Waals surface area contributed by atoms with E-state index in [0.29, 0.717) is 12.4 Å². The first-order valence-electron chi connectivity index (χ1n) is 6.42. The van der Waals surface area contributed by atoms with E-state index >= 15 is 0 Å². The van der Waals surface area contributed by atoms with Crippen LogP contribution >= 0.6 is 15.9 Å². The molecule has 2 N–H and O–H groups in total. The lowest BCUT2D eigenvalue weighted by Crippen LogP contribution is -2.20. The van der Waals surface area contributed by atoms with Crippen molar-refractivity contribution in [3.8, 4) is 11.4 Å². The molecule has 0 aliphatic carbocycles. The molecule has 2 rings (SSSR count). The molecule has 2 aromatic rings. The van der Waals surface area contributed by atoms with E-state index in [9.17, 15) is 8.42 Å². The van der Waals surface area contributed by atoms with Crippen molar-refractivity contribution in [3.63, 3.8) is 0 Å². The highest BCUT2D eigenvalue weighted by Gasteiger charge is 2.23. The van der Waals surface area contributed by atoms with Crippen LogP contribution in [-0.4, -0.2) is 23.2 Å². The Kier molecular flexibility index (Phi) is 4.50. The smallest absolute Gasteiger partial charge is 0.273 e. The summed E-state index contributed by atoms with van der Waals surface area (Å²) in [6.45, 7) is 6.39. The monoisotopic (exact) mass is 372 g/mol. The average Bonchev–Trinajstić information content (AvgIpc) is 2.71. The highest BCUT2D eigenvalue weighted by atomic mass is 79.9. The van der Waals surface area contributed by atoms with Gasteiger partial charge in [0.15, 0.2) is 5.82 Å². The lowest BCUT2D eigenvalue weighted by Gasteiger charge is -2.13. The van der Waals surface area contributed by atoms with Gasteiger partial charge in [0.1, 0.15) is 0 Å². The maximum Gasteiger partial charge on any atom is 0.273 e. The van der Waals surface area contributed by atoms with Gasteiger partial charge in [0.2, 0.25) is 0 Å². The summed E-state index contributed by atoms with van der Waals surface area (Å²) in [6.07, 6.45) is 0. The third-order valence-electron chi connectivity index (χ3n) is 2.95. The standard InChI is InChI=1S/C13H17BrN4O2S/c1-8(2)7-18-12(16-17-13(18)21(15,19)20)11-5-4-10(14)6-9(11)3/h4-6,8H,7H2,1-3H3,(H2,15,19,20). The number of nitrogens with two attached hydrogens (primary N) is 1. The first-order valence-corrected chi connectivity index (χ1v) is 8.76. The van der Waals surface area contributed by atoms with Crippen LogP contribution < -0.4 is 5.14 Å². The van der Waals surface area contributed by atoms with Crippen molar-refractivity contribution in [1.29, 1.82) is 0 Å². The van der Waals surface area contributed by atoms with Gasteiger partial charge in [0, 0.05) is 16.6 Å². The largest absolute Gasteiger partial charge is 0.296 e. The number of benzene rings is 1. The quantitative estimate of drug-likeness (QED) is 0.891. The van der Waals surface area contributed by atoms with Crippen LogP contribution in [0, 0.1) is 12.8 Å². The molecule has 6 nitrogen and oxygen atoms in total. The van der Waals surface area contributed by atoms with E-state index in [1.165, 1.54) is 0 Å². The van der Waals surface area contributed by atoms with Gasteiger partial charge in [-0.15, -0.1) is 10.2 Å². The van der Waals surface area contributed by atoms with Gasteiger partial charge in [-0.25, -0.2) is 13.6 Å². The van der Waals surface area contributed by atoms with Crippen LogP contribution in [0.25, 0.3) is 11.4 Å². The maximum absolute atomic E-state index is 11.7. The molecule has 0 atom stereocenters. The molecule has 0 spiro atoms. The normalized spacial score (nSPS) is 12.1. The van der Waals surface area contributed by atoms with Crippen molar-refractivity contribution in [2.24, 2.45) is 11.1 Å². The Hall–Kier alpha value is -1.25. The van der Waals surface area contributed by atoms with Gasteiger partial charge in [-0.2, -0.15) is 0 Å². The Morgan fingerprint density at radius 3 is 2.52 bits per heavy atom. The topological polar surface area (TPSA) is 90.9 Å². The second-order valence-corrected chi connectivity index (χ2v) is 7.69. The Morgan fingerprint density at radius 2 is 2.00 bits per heavy atom. The molecule has 0 saturated heterocycles. The number of sulfonamides is 1. The summed E-state index contributed by atoms with van der Waals surface area (Å²) in [5, 5.41) is 12.8. The molecule has 0 radical (unpaired) electrons. The molecule has 8 heteroatoms. The lowest BCUT2D eigenvalue weighted by atomic mass is 10.1. The van der Waals surface area contributed by atoms with Crippen molar-refractivity contribution in [3.05, 3.63) is 28.2 Å². The van der Waals surface area contributed by atoms with E-state index in [-0.39, 0.29) is 11.1 Å². The third-order valence-corrected chi connectivity index (χ3v) is 4.25. The molecule has 0 aliphatic rings. The predicted octanol–water partition coefficient (Wildman–Crippen LogP) is 2.32. The summed E-state index contributed by atoms with van der Waals surface area (Å²) in [4.78, 5) is 0. The minimum absolute atomic E-state index is 0.200. The summed E-state index contributed by atoms with van der Waals surface area (Å²) < 4.78 is 25.8. The fraction of sp³-hybridized carbons (Fsp3) is 0.385. The zero-order valence-corrected chi connectivity index (χ0v) is 14.4. The number of rotatable bonds is 4. The molecule has 1 heterocycles. The van der Waals surface area contributed by atoms with E-state index < -0.39 is 10.0 Å².